The van der Waals surface area contributed by atoms with E-state index in [1.165, 1.54) is 44.1 Å². The van der Waals surface area contributed by atoms with E-state index in [0.717, 1.165) is 35.8 Å². The molecule has 0 bridgehead atoms. The normalized spacial score (nSPS) is 25.2. The maximum atomic E-state index is 5.67. The van der Waals surface area contributed by atoms with E-state index in [9.17, 15) is 0 Å². The molecule has 3 nitrogen and oxygen atoms in total. The van der Waals surface area contributed by atoms with Gasteiger partial charge in [-0.25, -0.2) is 0 Å². The van der Waals surface area contributed by atoms with Crippen molar-refractivity contribution in [2.45, 2.75) is 64.5 Å². The predicted octanol–water partition coefficient (Wildman–Crippen LogP) is 4.67. The molecule has 2 aliphatic rings. The van der Waals surface area contributed by atoms with E-state index in [-0.39, 0.29) is 0 Å². The van der Waals surface area contributed by atoms with E-state index < -0.39 is 0 Å². The first-order valence-electron chi connectivity index (χ1n) is 9.89. The maximum absolute atomic E-state index is 5.67. The van der Waals surface area contributed by atoms with Gasteiger partial charge in [0.15, 0.2) is 5.11 Å². The minimum Gasteiger partial charge on any atom is -0.349 e. The van der Waals surface area contributed by atoms with Crippen molar-refractivity contribution >= 4 is 23.0 Å². The number of anilines is 1. The van der Waals surface area contributed by atoms with Crippen molar-refractivity contribution < 1.29 is 0 Å². The molecule has 0 amide bonds. The summed E-state index contributed by atoms with van der Waals surface area (Å²) >= 11 is 5.67. The monoisotopic (exact) mass is 359 g/mol. The smallest absolute Gasteiger partial charge is 0.173 e. The van der Waals surface area contributed by atoms with Crippen molar-refractivity contribution in [1.29, 1.82) is 0 Å². The van der Waals surface area contributed by atoms with Crippen LogP contribution < -0.4 is 5.32 Å². The number of rotatable bonds is 3. The molecule has 1 aromatic rings. The summed E-state index contributed by atoms with van der Waals surface area (Å²) < 4.78 is 0. The number of nitrogens with one attached hydrogen (secondary N) is 1. The van der Waals surface area contributed by atoms with E-state index in [1.54, 1.807) is 0 Å². The average molecular weight is 360 g/mol. The molecule has 2 fully saturated rings. The van der Waals surface area contributed by atoms with Gasteiger partial charge in [0.1, 0.15) is 0 Å². The third-order valence-corrected chi connectivity index (χ3v) is 6.66. The fourth-order valence-corrected chi connectivity index (χ4v) is 4.85. The number of thiocarbonyl (C=S) groups is 1. The lowest BCUT2D eigenvalue weighted by molar-refractivity contribution is 0.0691. The molecule has 0 spiro atoms. The molecule has 4 heteroatoms. The molecule has 1 heterocycles. The van der Waals surface area contributed by atoms with E-state index in [1.807, 2.05) is 0 Å². The van der Waals surface area contributed by atoms with Crippen molar-refractivity contribution in [3.63, 3.8) is 0 Å². The highest BCUT2D eigenvalue weighted by Crippen LogP contribution is 2.30. The van der Waals surface area contributed by atoms with Gasteiger partial charge in [-0.05, 0) is 69.4 Å². The molecule has 2 atom stereocenters. The molecule has 138 valence electrons. The molecule has 1 N–H and O–H groups in total. The van der Waals surface area contributed by atoms with E-state index in [4.69, 9.17) is 12.2 Å². The van der Waals surface area contributed by atoms with Gasteiger partial charge in [-0.1, -0.05) is 38.0 Å². The van der Waals surface area contributed by atoms with Crippen LogP contribution in [0.1, 0.15) is 51.0 Å². The zero-order valence-corrected chi connectivity index (χ0v) is 16.8. The predicted molar refractivity (Wildman–Crippen MR) is 111 cm³/mol. The summed E-state index contributed by atoms with van der Waals surface area (Å²) in [7, 11) is 2.36. The Labute approximate surface area is 158 Å². The summed E-state index contributed by atoms with van der Waals surface area (Å²) in [6.07, 6.45) is 8.04. The molecule has 1 saturated heterocycles. The Morgan fingerprint density at radius 3 is 2.48 bits per heavy atom. The van der Waals surface area contributed by atoms with Gasteiger partial charge >= 0.3 is 0 Å². The van der Waals surface area contributed by atoms with Crippen molar-refractivity contribution in [3.8, 4) is 0 Å². The van der Waals surface area contributed by atoms with Crippen LogP contribution in [-0.4, -0.2) is 47.1 Å². The molecular formula is C21H33N3S. The van der Waals surface area contributed by atoms with Crippen LogP contribution in [0.3, 0.4) is 0 Å². The van der Waals surface area contributed by atoms with Gasteiger partial charge in [0.05, 0.1) is 0 Å². The molecule has 1 aliphatic carbocycles. The number of nitrogens with zero attached hydrogens (tertiary/aromatic N) is 2. The first-order valence-corrected chi connectivity index (χ1v) is 10.3. The third kappa shape index (κ3) is 4.53. The van der Waals surface area contributed by atoms with Crippen LogP contribution in [0, 0.1) is 12.8 Å². The molecule has 0 radical (unpaired) electrons. The van der Waals surface area contributed by atoms with Gasteiger partial charge in [-0.3, -0.25) is 0 Å². The molecule has 25 heavy (non-hydrogen) atoms. The lowest BCUT2D eigenvalue weighted by Gasteiger charge is -2.44. The van der Waals surface area contributed by atoms with Crippen molar-refractivity contribution in [2.24, 2.45) is 5.92 Å². The number of benzene rings is 1. The molecular weight excluding hydrogens is 326 g/mol. The Morgan fingerprint density at radius 2 is 1.80 bits per heavy atom. The van der Waals surface area contributed by atoms with Gasteiger partial charge in [-0.2, -0.15) is 0 Å². The molecule has 0 aromatic heterocycles. The number of aryl methyl sites for hydroxylation is 1. The van der Waals surface area contributed by atoms with Crippen LogP contribution in [0.25, 0.3) is 0 Å². The summed E-state index contributed by atoms with van der Waals surface area (Å²) in [6, 6.07) is 9.84. The van der Waals surface area contributed by atoms with Crippen molar-refractivity contribution in [2.75, 3.05) is 25.5 Å². The maximum Gasteiger partial charge on any atom is 0.173 e. The SMILES string of the molecule is Cc1ccccc1NC(=S)N1CCC(N(C)[C@H]2CCCC[C@H]2C)CC1. The second kappa shape index (κ2) is 8.50. The number of piperidine rings is 1. The van der Waals surface area contributed by atoms with E-state index in [0.29, 0.717) is 6.04 Å². The molecule has 1 aliphatic heterocycles. The van der Waals surface area contributed by atoms with Gasteiger partial charge in [-0.15, -0.1) is 0 Å². The van der Waals surface area contributed by atoms with Crippen LogP contribution in [0.5, 0.6) is 0 Å². The summed E-state index contributed by atoms with van der Waals surface area (Å²) in [4.78, 5) is 5.04. The van der Waals surface area contributed by atoms with Crippen LogP contribution in [0.2, 0.25) is 0 Å². The minimum absolute atomic E-state index is 0.711. The topological polar surface area (TPSA) is 18.5 Å². The number of hydrogen-bond acceptors (Lipinski definition) is 2. The lowest BCUT2D eigenvalue weighted by Crippen LogP contribution is -2.51. The lowest BCUT2D eigenvalue weighted by atomic mass is 9.84. The number of hydrogen-bond donors (Lipinski definition) is 1. The third-order valence-electron chi connectivity index (χ3n) is 6.30. The van der Waals surface area contributed by atoms with Gasteiger partial charge in [0, 0.05) is 30.9 Å². The first kappa shape index (κ1) is 18.7. The van der Waals surface area contributed by atoms with Crippen molar-refractivity contribution in [3.05, 3.63) is 29.8 Å². The number of likely N-dealkylation sites (tertiary alicyclic amines) is 1. The summed E-state index contributed by atoms with van der Waals surface area (Å²) in [6.45, 7) is 6.69. The fraction of sp³-hybridized carbons (Fsp3) is 0.667. The molecule has 0 unspecified atom stereocenters. The quantitative estimate of drug-likeness (QED) is 0.790. The minimum atomic E-state index is 0.711. The van der Waals surface area contributed by atoms with Gasteiger partial charge < -0.3 is 15.1 Å². The standard InChI is InChI=1S/C21H33N3S/c1-16-8-4-6-10-19(16)22-21(25)24-14-12-18(13-15-24)23(3)20-11-7-5-9-17(20)2/h4,6,8,10,17-18,20H,5,7,9,11-15H2,1-3H3,(H,22,25)/t17-,20+/m1/s1. The van der Waals surface area contributed by atoms with E-state index >= 15 is 0 Å². The highest BCUT2D eigenvalue weighted by atomic mass is 32.1. The zero-order valence-electron chi connectivity index (χ0n) is 16.0. The molecule has 1 aromatic carbocycles. The second-order valence-corrected chi connectivity index (χ2v) is 8.34. The first-order chi connectivity index (χ1) is 12.1. The van der Waals surface area contributed by atoms with Gasteiger partial charge in [0.25, 0.3) is 0 Å². The summed E-state index contributed by atoms with van der Waals surface area (Å²) in [5.74, 6) is 0.848. The Balaban J connectivity index is 1.51. The molecule has 1 saturated carbocycles. The number of para-hydroxylation sites is 1. The van der Waals surface area contributed by atoms with Crippen LogP contribution in [0.4, 0.5) is 5.69 Å². The Bertz CT molecular complexity index is 580. The Hall–Kier alpha value is -1.13. The Kier molecular flexibility index (Phi) is 6.34. The van der Waals surface area contributed by atoms with Crippen LogP contribution in [-0.2, 0) is 0 Å². The van der Waals surface area contributed by atoms with Crippen LogP contribution >= 0.6 is 12.2 Å². The zero-order chi connectivity index (χ0) is 17.8. The Morgan fingerprint density at radius 1 is 1.12 bits per heavy atom. The van der Waals surface area contributed by atoms with Crippen LogP contribution in [0.15, 0.2) is 24.3 Å². The fourth-order valence-electron chi connectivity index (χ4n) is 4.56. The van der Waals surface area contributed by atoms with E-state index in [2.05, 4.69) is 60.3 Å². The second-order valence-electron chi connectivity index (χ2n) is 7.96. The molecule has 3 rings (SSSR count). The van der Waals surface area contributed by atoms with Crippen molar-refractivity contribution in [1.82, 2.24) is 9.80 Å². The summed E-state index contributed by atoms with van der Waals surface area (Å²) in [5.41, 5.74) is 2.37. The highest BCUT2D eigenvalue weighted by molar-refractivity contribution is 7.80. The average Bonchev–Trinajstić information content (AvgIpc) is 2.63. The summed E-state index contributed by atoms with van der Waals surface area (Å²) in [5, 5.41) is 4.31. The van der Waals surface area contributed by atoms with Gasteiger partial charge in [0.2, 0.25) is 0 Å². The largest absolute Gasteiger partial charge is 0.349 e. The highest BCUT2D eigenvalue weighted by Gasteiger charge is 2.31.